The molecule has 67 valence electrons. The third-order valence-corrected chi connectivity index (χ3v) is 2.95. The van der Waals surface area contributed by atoms with Crippen molar-refractivity contribution in [2.45, 2.75) is 6.92 Å². The Bertz CT molecular complexity index is 417. The van der Waals surface area contributed by atoms with Gasteiger partial charge in [0.1, 0.15) is 5.75 Å². The molecule has 1 nitrogen and oxygen atoms in total. The van der Waals surface area contributed by atoms with Gasteiger partial charge < -0.3 is 4.74 Å². The maximum atomic E-state index is 5.42. The Morgan fingerprint density at radius 3 is 3.08 bits per heavy atom. The topological polar surface area (TPSA) is 9.23 Å². The number of ether oxygens (including phenoxy) is 1. The summed E-state index contributed by atoms with van der Waals surface area (Å²) >= 11 is 1.72. The van der Waals surface area contributed by atoms with Gasteiger partial charge in [-0.25, -0.2) is 0 Å². The molecule has 2 heteroatoms. The second-order valence-electron chi connectivity index (χ2n) is 2.85. The average Bonchev–Trinajstić information content (AvgIpc) is 2.49. The first-order valence-corrected chi connectivity index (χ1v) is 5.15. The predicted molar refractivity (Wildman–Crippen MR) is 57.5 cm³/mol. The van der Waals surface area contributed by atoms with E-state index in [4.69, 9.17) is 4.74 Å². The molecule has 0 bridgehead atoms. The first kappa shape index (κ1) is 8.57. The largest absolute Gasteiger partial charge is 0.494 e. The van der Waals surface area contributed by atoms with Gasteiger partial charge in [0.05, 0.1) is 6.61 Å². The first-order chi connectivity index (χ1) is 6.31. The predicted octanol–water partition coefficient (Wildman–Crippen LogP) is 3.48. The van der Waals surface area contributed by atoms with E-state index in [0.717, 1.165) is 11.3 Å². The van der Waals surface area contributed by atoms with E-state index in [-0.39, 0.29) is 0 Å². The summed E-state index contributed by atoms with van der Waals surface area (Å²) in [6.07, 6.45) is 0. The van der Waals surface area contributed by atoms with Crippen molar-refractivity contribution in [3.05, 3.63) is 36.1 Å². The molecular weight excluding hydrogens is 180 g/mol. The molecule has 0 saturated carbocycles. The molecule has 1 heterocycles. The summed E-state index contributed by atoms with van der Waals surface area (Å²) < 4.78 is 6.69. The van der Waals surface area contributed by atoms with Crippen LogP contribution in [0.4, 0.5) is 0 Å². The minimum Gasteiger partial charge on any atom is -0.494 e. The van der Waals surface area contributed by atoms with Crippen LogP contribution in [-0.2, 0) is 0 Å². The monoisotopic (exact) mass is 191 g/mol. The zero-order valence-corrected chi connectivity index (χ0v) is 8.36. The molecule has 0 N–H and O–H groups in total. The third-order valence-electron chi connectivity index (χ3n) is 1.94. The average molecular weight is 191 g/mol. The van der Waals surface area contributed by atoms with Gasteiger partial charge in [-0.2, -0.15) is 0 Å². The summed E-state index contributed by atoms with van der Waals surface area (Å²) in [7, 11) is 0. The summed E-state index contributed by atoms with van der Waals surface area (Å²) in [4.78, 5) is 0. The van der Waals surface area contributed by atoms with Crippen LogP contribution in [0, 0.1) is 6.92 Å². The van der Waals surface area contributed by atoms with Crippen LogP contribution < -0.4 is 4.74 Å². The quantitative estimate of drug-likeness (QED) is 0.706. The van der Waals surface area contributed by atoms with Gasteiger partial charge >= 0.3 is 0 Å². The van der Waals surface area contributed by atoms with Gasteiger partial charge in [0.25, 0.3) is 0 Å². The summed E-state index contributed by atoms with van der Waals surface area (Å²) in [5.74, 6) is 0.929. The Morgan fingerprint density at radius 1 is 1.46 bits per heavy atom. The van der Waals surface area contributed by atoms with E-state index < -0.39 is 0 Å². The van der Waals surface area contributed by atoms with Crippen molar-refractivity contribution in [1.82, 2.24) is 0 Å². The van der Waals surface area contributed by atoms with E-state index in [1.807, 2.05) is 13.0 Å². The molecule has 0 aliphatic rings. The smallest absolute Gasteiger partial charge is 0.119 e. The Hall–Kier alpha value is -1.02. The number of hydrogen-bond donors (Lipinski definition) is 0. The maximum absolute atomic E-state index is 5.42. The molecule has 1 aromatic heterocycles. The van der Waals surface area contributed by atoms with Crippen LogP contribution >= 0.6 is 11.3 Å². The van der Waals surface area contributed by atoms with Crippen LogP contribution in [0.2, 0.25) is 0 Å². The van der Waals surface area contributed by atoms with E-state index in [0.29, 0.717) is 6.61 Å². The minimum absolute atomic E-state index is 0.710. The summed E-state index contributed by atoms with van der Waals surface area (Å²) in [6, 6.07) is 6.14. The first-order valence-electron chi connectivity index (χ1n) is 4.27. The van der Waals surface area contributed by atoms with Crippen LogP contribution in [-0.4, -0.2) is 6.61 Å². The standard InChI is InChI=1S/C11H11OS/c1-3-12-9-4-5-11-10(6-9)8(2)7-13-11/h4-7H,2-3H2,1H3. The van der Waals surface area contributed by atoms with E-state index in [9.17, 15) is 0 Å². The fourth-order valence-electron chi connectivity index (χ4n) is 1.32. The number of benzene rings is 1. The minimum atomic E-state index is 0.710. The lowest BCUT2D eigenvalue weighted by Gasteiger charge is -2.02. The molecule has 0 fully saturated rings. The number of thiophene rings is 1. The molecule has 2 aromatic rings. The molecule has 0 amide bonds. The van der Waals surface area contributed by atoms with Crippen molar-refractivity contribution in [1.29, 1.82) is 0 Å². The lowest BCUT2D eigenvalue weighted by molar-refractivity contribution is 0.341. The van der Waals surface area contributed by atoms with Crippen molar-refractivity contribution < 1.29 is 4.74 Å². The van der Waals surface area contributed by atoms with E-state index in [2.05, 4.69) is 24.4 Å². The fraction of sp³-hybridized carbons (Fsp3) is 0.182. The highest BCUT2D eigenvalue weighted by Gasteiger charge is 2.01. The van der Waals surface area contributed by atoms with Crippen LogP contribution in [0.3, 0.4) is 0 Å². The van der Waals surface area contributed by atoms with Gasteiger partial charge in [0.2, 0.25) is 0 Å². The molecule has 0 spiro atoms. The van der Waals surface area contributed by atoms with Crippen molar-refractivity contribution >= 4 is 21.4 Å². The molecule has 0 unspecified atom stereocenters. The van der Waals surface area contributed by atoms with Gasteiger partial charge in [-0.15, -0.1) is 11.3 Å². The van der Waals surface area contributed by atoms with Gasteiger partial charge in [-0.1, -0.05) is 0 Å². The van der Waals surface area contributed by atoms with Crippen molar-refractivity contribution in [3.63, 3.8) is 0 Å². The Morgan fingerprint density at radius 2 is 2.31 bits per heavy atom. The van der Waals surface area contributed by atoms with Crippen molar-refractivity contribution in [2.24, 2.45) is 0 Å². The van der Waals surface area contributed by atoms with E-state index in [1.165, 1.54) is 10.1 Å². The third kappa shape index (κ3) is 1.54. The van der Waals surface area contributed by atoms with Crippen molar-refractivity contribution in [2.75, 3.05) is 6.61 Å². The second-order valence-corrected chi connectivity index (χ2v) is 3.76. The Kier molecular flexibility index (Phi) is 2.23. The summed E-state index contributed by atoms with van der Waals surface area (Å²) in [6.45, 7) is 6.66. The lowest BCUT2D eigenvalue weighted by atomic mass is 10.2. The highest BCUT2D eigenvalue weighted by Crippen LogP contribution is 2.28. The fourth-order valence-corrected chi connectivity index (χ4v) is 2.18. The van der Waals surface area contributed by atoms with E-state index in [1.54, 1.807) is 11.3 Å². The van der Waals surface area contributed by atoms with Crippen LogP contribution in [0.15, 0.2) is 23.6 Å². The van der Waals surface area contributed by atoms with Gasteiger partial charge in [0.15, 0.2) is 0 Å². The van der Waals surface area contributed by atoms with Gasteiger partial charge in [-0.05, 0) is 48.4 Å². The molecular formula is C11H11OS. The molecule has 0 saturated heterocycles. The second kappa shape index (κ2) is 3.38. The lowest BCUT2D eigenvalue weighted by Crippen LogP contribution is -1.90. The molecule has 1 radical (unpaired) electrons. The normalized spacial score (nSPS) is 10.6. The maximum Gasteiger partial charge on any atom is 0.119 e. The molecule has 0 aliphatic carbocycles. The Balaban J connectivity index is 2.53. The SMILES string of the molecule is [CH2]c1csc2ccc(OCC)cc12. The molecule has 0 atom stereocenters. The number of hydrogen-bond acceptors (Lipinski definition) is 2. The highest BCUT2D eigenvalue weighted by atomic mass is 32.1. The van der Waals surface area contributed by atoms with Crippen molar-refractivity contribution in [3.8, 4) is 5.75 Å². The highest BCUT2D eigenvalue weighted by molar-refractivity contribution is 7.17. The molecule has 1 aromatic carbocycles. The molecule has 13 heavy (non-hydrogen) atoms. The summed E-state index contributed by atoms with van der Waals surface area (Å²) in [5, 5.41) is 3.27. The number of rotatable bonds is 2. The molecule has 0 aliphatic heterocycles. The van der Waals surface area contributed by atoms with E-state index >= 15 is 0 Å². The zero-order chi connectivity index (χ0) is 9.26. The molecule has 2 rings (SSSR count). The summed E-state index contributed by atoms with van der Waals surface area (Å²) in [5.41, 5.74) is 1.08. The van der Waals surface area contributed by atoms with Gasteiger partial charge in [-0.3, -0.25) is 0 Å². The zero-order valence-electron chi connectivity index (χ0n) is 7.54. The Labute approximate surface area is 82.0 Å². The van der Waals surface area contributed by atoms with Crippen LogP contribution in [0.5, 0.6) is 5.75 Å². The van der Waals surface area contributed by atoms with Crippen LogP contribution in [0.1, 0.15) is 12.5 Å². The van der Waals surface area contributed by atoms with Crippen LogP contribution in [0.25, 0.3) is 10.1 Å². The van der Waals surface area contributed by atoms with Gasteiger partial charge in [0, 0.05) is 4.70 Å². The number of fused-ring (bicyclic) bond motifs is 1.